The molecule has 0 bridgehead atoms. The van der Waals surface area contributed by atoms with Crippen LogP contribution in [0.1, 0.15) is 15.9 Å². The summed E-state index contributed by atoms with van der Waals surface area (Å²) in [6, 6.07) is 11.0. The van der Waals surface area contributed by atoms with E-state index in [0.29, 0.717) is 5.56 Å². The van der Waals surface area contributed by atoms with Crippen molar-refractivity contribution in [3.63, 3.8) is 0 Å². The highest BCUT2D eigenvalue weighted by molar-refractivity contribution is 9.10. The first-order valence-corrected chi connectivity index (χ1v) is 6.74. The van der Waals surface area contributed by atoms with E-state index in [1.165, 1.54) is 12.1 Å². The van der Waals surface area contributed by atoms with Gasteiger partial charge in [0.15, 0.2) is 12.4 Å². The Bertz CT molecular complexity index is 636. The smallest absolute Gasteiger partial charge is 0.416 e. The maximum absolute atomic E-state index is 12.4. The SMILES string of the molecule is O=C(COc1ccc(C(F)(F)F)cc1)c1cccc(Br)c1. The number of hydrogen-bond donors (Lipinski definition) is 0. The van der Waals surface area contributed by atoms with Gasteiger partial charge in [-0.05, 0) is 36.4 Å². The Balaban J connectivity index is 1.98. The minimum absolute atomic E-state index is 0.214. The van der Waals surface area contributed by atoms with Crippen molar-refractivity contribution in [1.82, 2.24) is 0 Å². The van der Waals surface area contributed by atoms with Gasteiger partial charge < -0.3 is 4.74 Å². The molecular weight excluding hydrogens is 349 g/mol. The molecule has 0 aliphatic rings. The third-order valence-electron chi connectivity index (χ3n) is 2.70. The van der Waals surface area contributed by atoms with Crippen LogP contribution in [0.3, 0.4) is 0 Å². The molecule has 6 heteroatoms. The summed E-state index contributed by atoms with van der Waals surface area (Å²) in [5, 5.41) is 0. The number of rotatable bonds is 4. The number of carbonyl (C=O) groups is 1. The van der Waals surface area contributed by atoms with Crippen LogP contribution in [0.15, 0.2) is 53.0 Å². The van der Waals surface area contributed by atoms with Crippen LogP contribution in [-0.2, 0) is 6.18 Å². The molecular formula is C15H10BrF3O2. The van der Waals surface area contributed by atoms with E-state index in [1.54, 1.807) is 24.3 Å². The highest BCUT2D eigenvalue weighted by Crippen LogP contribution is 2.30. The number of halogens is 4. The molecule has 0 saturated carbocycles. The van der Waals surface area contributed by atoms with E-state index in [4.69, 9.17) is 4.74 Å². The molecule has 0 aliphatic heterocycles. The van der Waals surface area contributed by atoms with E-state index in [1.807, 2.05) is 0 Å². The molecule has 21 heavy (non-hydrogen) atoms. The highest BCUT2D eigenvalue weighted by Gasteiger charge is 2.30. The van der Waals surface area contributed by atoms with E-state index in [9.17, 15) is 18.0 Å². The second kappa shape index (κ2) is 6.30. The van der Waals surface area contributed by atoms with E-state index >= 15 is 0 Å². The van der Waals surface area contributed by atoms with E-state index < -0.39 is 11.7 Å². The van der Waals surface area contributed by atoms with Crippen molar-refractivity contribution in [3.05, 3.63) is 64.1 Å². The fourth-order valence-electron chi connectivity index (χ4n) is 1.63. The van der Waals surface area contributed by atoms with Crippen LogP contribution in [-0.4, -0.2) is 12.4 Å². The van der Waals surface area contributed by atoms with Crippen LogP contribution < -0.4 is 4.74 Å². The molecule has 2 nitrogen and oxygen atoms in total. The van der Waals surface area contributed by atoms with Gasteiger partial charge in [-0.2, -0.15) is 13.2 Å². The summed E-state index contributed by atoms with van der Waals surface area (Å²) < 4.78 is 43.1. The quantitative estimate of drug-likeness (QED) is 0.738. The van der Waals surface area contributed by atoms with Crippen molar-refractivity contribution in [3.8, 4) is 5.75 Å². The molecule has 0 fully saturated rings. The third kappa shape index (κ3) is 4.32. The molecule has 0 aliphatic carbocycles. The topological polar surface area (TPSA) is 26.3 Å². The van der Waals surface area contributed by atoms with Crippen LogP contribution in [0.2, 0.25) is 0 Å². The van der Waals surface area contributed by atoms with Gasteiger partial charge in [-0.3, -0.25) is 4.79 Å². The first-order chi connectivity index (χ1) is 9.86. The number of carbonyl (C=O) groups excluding carboxylic acids is 1. The molecule has 0 atom stereocenters. The Labute approximate surface area is 127 Å². The summed E-state index contributed by atoms with van der Waals surface area (Å²) in [4.78, 5) is 11.9. The Hall–Kier alpha value is -1.82. The van der Waals surface area contributed by atoms with Crippen molar-refractivity contribution in [2.45, 2.75) is 6.18 Å². The zero-order chi connectivity index (χ0) is 15.5. The fraction of sp³-hybridized carbons (Fsp3) is 0.133. The van der Waals surface area contributed by atoms with Gasteiger partial charge in [0, 0.05) is 10.0 Å². The first kappa shape index (κ1) is 15.6. The van der Waals surface area contributed by atoms with Gasteiger partial charge in [0.1, 0.15) is 5.75 Å². The zero-order valence-corrected chi connectivity index (χ0v) is 12.2. The predicted octanol–water partition coefficient (Wildman–Crippen LogP) is 4.73. The van der Waals surface area contributed by atoms with Gasteiger partial charge in [-0.15, -0.1) is 0 Å². The fourth-order valence-corrected chi connectivity index (χ4v) is 2.03. The van der Waals surface area contributed by atoms with Crippen molar-refractivity contribution < 1.29 is 22.7 Å². The summed E-state index contributed by atoms with van der Waals surface area (Å²) >= 11 is 3.25. The average molecular weight is 359 g/mol. The Morgan fingerprint density at radius 2 is 1.76 bits per heavy atom. The van der Waals surface area contributed by atoms with Gasteiger partial charge in [0.05, 0.1) is 5.56 Å². The number of alkyl halides is 3. The average Bonchev–Trinajstić information content (AvgIpc) is 2.44. The normalized spacial score (nSPS) is 11.2. The molecule has 2 rings (SSSR count). The first-order valence-electron chi connectivity index (χ1n) is 5.95. The number of ketones is 1. The van der Waals surface area contributed by atoms with Crippen molar-refractivity contribution in [2.75, 3.05) is 6.61 Å². The second-order valence-electron chi connectivity index (χ2n) is 4.24. The summed E-state index contributed by atoms with van der Waals surface area (Å²) in [6.45, 7) is -0.234. The standard InChI is InChI=1S/C15H10BrF3O2/c16-12-3-1-2-10(8-12)14(20)9-21-13-6-4-11(5-7-13)15(17,18)19/h1-8H,9H2. The lowest BCUT2D eigenvalue weighted by Crippen LogP contribution is -2.11. The Morgan fingerprint density at radius 1 is 1.10 bits per heavy atom. The molecule has 0 spiro atoms. The van der Waals surface area contributed by atoms with E-state index in [2.05, 4.69) is 15.9 Å². The molecule has 110 valence electrons. The molecule has 0 unspecified atom stereocenters. The van der Waals surface area contributed by atoms with E-state index in [0.717, 1.165) is 16.6 Å². The number of ether oxygens (including phenoxy) is 1. The number of Topliss-reactive ketones (excluding diaryl/α,β-unsaturated/α-hetero) is 1. The van der Waals surface area contributed by atoms with Gasteiger partial charge in [0.25, 0.3) is 0 Å². The van der Waals surface area contributed by atoms with Crippen molar-refractivity contribution in [2.24, 2.45) is 0 Å². The van der Waals surface area contributed by atoms with E-state index in [-0.39, 0.29) is 18.1 Å². The molecule has 0 N–H and O–H groups in total. The lowest BCUT2D eigenvalue weighted by Gasteiger charge is -2.09. The van der Waals surface area contributed by atoms with Gasteiger partial charge >= 0.3 is 6.18 Å². The number of benzene rings is 2. The summed E-state index contributed by atoms with van der Waals surface area (Å²) in [6.07, 6.45) is -4.38. The Kier molecular flexibility index (Phi) is 4.67. The second-order valence-corrected chi connectivity index (χ2v) is 5.16. The zero-order valence-electron chi connectivity index (χ0n) is 10.7. The molecule has 0 amide bonds. The lowest BCUT2D eigenvalue weighted by molar-refractivity contribution is -0.137. The molecule has 0 aromatic heterocycles. The maximum Gasteiger partial charge on any atom is 0.416 e. The maximum atomic E-state index is 12.4. The molecule has 2 aromatic rings. The Morgan fingerprint density at radius 3 is 2.33 bits per heavy atom. The van der Waals surface area contributed by atoms with Crippen LogP contribution in [0, 0.1) is 0 Å². The van der Waals surface area contributed by atoms with Gasteiger partial charge in [-0.25, -0.2) is 0 Å². The highest BCUT2D eigenvalue weighted by atomic mass is 79.9. The third-order valence-corrected chi connectivity index (χ3v) is 3.19. The van der Waals surface area contributed by atoms with Crippen LogP contribution in [0.4, 0.5) is 13.2 Å². The summed E-state index contributed by atoms with van der Waals surface area (Å²) in [5.74, 6) is -0.0393. The van der Waals surface area contributed by atoms with Crippen molar-refractivity contribution in [1.29, 1.82) is 0 Å². The lowest BCUT2D eigenvalue weighted by atomic mass is 10.1. The monoisotopic (exact) mass is 358 g/mol. The van der Waals surface area contributed by atoms with Crippen LogP contribution >= 0.6 is 15.9 Å². The minimum Gasteiger partial charge on any atom is -0.485 e. The largest absolute Gasteiger partial charge is 0.485 e. The minimum atomic E-state index is -4.38. The molecule has 0 saturated heterocycles. The molecule has 2 aromatic carbocycles. The number of hydrogen-bond acceptors (Lipinski definition) is 2. The molecule has 0 radical (unpaired) electrons. The van der Waals surface area contributed by atoms with Crippen molar-refractivity contribution >= 4 is 21.7 Å². The van der Waals surface area contributed by atoms with Crippen LogP contribution in [0.25, 0.3) is 0 Å². The summed E-state index contributed by atoms with van der Waals surface area (Å²) in [7, 11) is 0. The van der Waals surface area contributed by atoms with Crippen LogP contribution in [0.5, 0.6) is 5.75 Å². The van der Waals surface area contributed by atoms with Gasteiger partial charge in [0.2, 0.25) is 0 Å². The predicted molar refractivity (Wildman–Crippen MR) is 75.4 cm³/mol. The summed E-state index contributed by atoms with van der Waals surface area (Å²) in [5.41, 5.74) is -0.288. The molecule has 0 heterocycles. The van der Waals surface area contributed by atoms with Gasteiger partial charge in [-0.1, -0.05) is 28.1 Å².